The maximum absolute atomic E-state index is 13.0. The van der Waals surface area contributed by atoms with E-state index >= 15 is 0 Å². The van der Waals surface area contributed by atoms with E-state index in [4.69, 9.17) is 39.5 Å². The molecule has 0 atom stereocenters. The average Bonchev–Trinajstić information content (AvgIpc) is 3.08. The first kappa shape index (κ1) is 24.1. The summed E-state index contributed by atoms with van der Waals surface area (Å²) < 4.78 is 7.63. The van der Waals surface area contributed by atoms with Gasteiger partial charge in [0.1, 0.15) is 12.4 Å². The summed E-state index contributed by atoms with van der Waals surface area (Å²) in [6, 6.07) is 20.0. The summed E-state index contributed by atoms with van der Waals surface area (Å²) in [5, 5.41) is 9.24. The molecule has 0 spiro atoms. The van der Waals surface area contributed by atoms with Gasteiger partial charge in [-0.05, 0) is 73.5 Å². The lowest BCUT2D eigenvalue weighted by Crippen LogP contribution is -2.14. The van der Waals surface area contributed by atoms with E-state index in [-0.39, 0.29) is 5.91 Å². The van der Waals surface area contributed by atoms with Gasteiger partial charge in [-0.3, -0.25) is 9.48 Å². The molecule has 0 aliphatic heterocycles. The van der Waals surface area contributed by atoms with Gasteiger partial charge in [0.15, 0.2) is 0 Å². The number of carbonyl (C=O) groups excluding carboxylic acids is 1. The van der Waals surface area contributed by atoms with E-state index in [1.807, 2.05) is 48.9 Å². The SMILES string of the molecule is Cc1nn(Cc2ccc(Cl)c(Cl)c2)c(C)c1NC(=O)c1cccc(COc2ccc(Cl)cc2)c1. The molecule has 4 aromatic rings. The van der Waals surface area contributed by atoms with Crippen molar-refractivity contribution in [2.24, 2.45) is 0 Å². The molecule has 174 valence electrons. The number of aryl methyl sites for hydroxylation is 1. The highest BCUT2D eigenvalue weighted by atomic mass is 35.5. The summed E-state index contributed by atoms with van der Waals surface area (Å²) in [6.07, 6.45) is 0. The molecule has 1 N–H and O–H groups in total. The van der Waals surface area contributed by atoms with E-state index in [0.717, 1.165) is 22.5 Å². The van der Waals surface area contributed by atoms with Crippen LogP contribution in [0.1, 0.15) is 32.9 Å². The molecule has 34 heavy (non-hydrogen) atoms. The Labute approximate surface area is 213 Å². The van der Waals surface area contributed by atoms with Gasteiger partial charge in [-0.1, -0.05) is 53.0 Å². The van der Waals surface area contributed by atoms with Gasteiger partial charge in [0.05, 0.1) is 33.7 Å². The monoisotopic (exact) mass is 513 g/mol. The Balaban J connectivity index is 1.45. The third-order valence-electron chi connectivity index (χ3n) is 5.34. The molecule has 0 fully saturated rings. The molecule has 0 aliphatic rings. The summed E-state index contributed by atoms with van der Waals surface area (Å²) in [5.41, 5.74) is 4.64. The highest BCUT2D eigenvalue weighted by Crippen LogP contribution is 2.25. The van der Waals surface area contributed by atoms with Gasteiger partial charge in [-0.15, -0.1) is 0 Å². The number of halogens is 3. The van der Waals surface area contributed by atoms with Crippen molar-refractivity contribution in [2.45, 2.75) is 27.0 Å². The minimum Gasteiger partial charge on any atom is -0.489 e. The highest BCUT2D eigenvalue weighted by molar-refractivity contribution is 6.42. The topological polar surface area (TPSA) is 56.2 Å². The zero-order valence-corrected chi connectivity index (χ0v) is 20.9. The summed E-state index contributed by atoms with van der Waals surface area (Å²) in [6.45, 7) is 4.63. The molecule has 0 bridgehead atoms. The minimum absolute atomic E-state index is 0.214. The number of anilines is 1. The summed E-state index contributed by atoms with van der Waals surface area (Å²) in [5.74, 6) is 0.494. The molecule has 1 aromatic heterocycles. The van der Waals surface area contributed by atoms with Crippen molar-refractivity contribution in [3.8, 4) is 5.75 Å². The van der Waals surface area contributed by atoms with Crippen molar-refractivity contribution in [3.05, 3.63) is 110 Å². The number of aromatic nitrogens is 2. The molecule has 0 aliphatic carbocycles. The van der Waals surface area contributed by atoms with Crippen molar-refractivity contribution in [2.75, 3.05) is 5.32 Å². The molecule has 5 nitrogen and oxygen atoms in total. The predicted molar refractivity (Wildman–Crippen MR) is 137 cm³/mol. The van der Waals surface area contributed by atoms with Gasteiger partial charge in [0, 0.05) is 10.6 Å². The Hall–Kier alpha value is -2.99. The number of nitrogens with one attached hydrogen (secondary N) is 1. The number of rotatable bonds is 7. The zero-order valence-electron chi connectivity index (χ0n) is 18.6. The average molecular weight is 515 g/mol. The third-order valence-corrected chi connectivity index (χ3v) is 6.34. The number of benzene rings is 3. The van der Waals surface area contributed by atoms with Crippen LogP contribution in [0.4, 0.5) is 5.69 Å². The second kappa shape index (κ2) is 10.5. The fourth-order valence-electron chi connectivity index (χ4n) is 3.53. The summed E-state index contributed by atoms with van der Waals surface area (Å²) in [7, 11) is 0. The molecule has 3 aromatic carbocycles. The molecule has 0 unspecified atom stereocenters. The Morgan fingerprint density at radius 3 is 2.44 bits per heavy atom. The van der Waals surface area contributed by atoms with Crippen LogP contribution in [0.25, 0.3) is 0 Å². The van der Waals surface area contributed by atoms with Gasteiger partial charge in [0.25, 0.3) is 5.91 Å². The molecule has 1 amide bonds. The predicted octanol–water partition coefficient (Wildman–Crippen LogP) is 7.34. The van der Waals surface area contributed by atoms with Gasteiger partial charge in [0.2, 0.25) is 0 Å². The highest BCUT2D eigenvalue weighted by Gasteiger charge is 2.16. The maximum Gasteiger partial charge on any atom is 0.255 e. The molecule has 0 saturated heterocycles. The Morgan fingerprint density at radius 2 is 1.71 bits per heavy atom. The Morgan fingerprint density at radius 1 is 0.941 bits per heavy atom. The van der Waals surface area contributed by atoms with Crippen LogP contribution in [0.15, 0.2) is 66.7 Å². The summed E-state index contributed by atoms with van der Waals surface area (Å²) in [4.78, 5) is 13.0. The lowest BCUT2D eigenvalue weighted by molar-refractivity contribution is 0.102. The first-order valence-electron chi connectivity index (χ1n) is 10.6. The Kier molecular flexibility index (Phi) is 7.47. The number of carbonyl (C=O) groups is 1. The van der Waals surface area contributed by atoms with Crippen LogP contribution >= 0.6 is 34.8 Å². The van der Waals surface area contributed by atoms with E-state index < -0.39 is 0 Å². The van der Waals surface area contributed by atoms with Gasteiger partial charge >= 0.3 is 0 Å². The van der Waals surface area contributed by atoms with Crippen LogP contribution in [-0.4, -0.2) is 15.7 Å². The van der Waals surface area contributed by atoms with Crippen molar-refractivity contribution < 1.29 is 9.53 Å². The largest absolute Gasteiger partial charge is 0.489 e. The van der Waals surface area contributed by atoms with Crippen LogP contribution in [-0.2, 0) is 13.2 Å². The fraction of sp³-hybridized carbons (Fsp3) is 0.154. The molecular weight excluding hydrogens is 493 g/mol. The standard InChI is InChI=1S/C26H22Cl3N3O2/c1-16-25(17(2)32(31-16)14-18-6-11-23(28)24(29)13-18)30-26(33)20-5-3-4-19(12-20)15-34-22-9-7-21(27)8-10-22/h3-13H,14-15H2,1-2H3,(H,30,33). The van der Waals surface area contributed by atoms with Crippen LogP contribution in [0.3, 0.4) is 0 Å². The van der Waals surface area contributed by atoms with Crippen LogP contribution < -0.4 is 10.1 Å². The van der Waals surface area contributed by atoms with E-state index in [1.165, 1.54) is 0 Å². The van der Waals surface area contributed by atoms with Crippen LogP contribution in [0.2, 0.25) is 15.1 Å². The van der Waals surface area contributed by atoms with E-state index in [1.54, 1.807) is 36.4 Å². The lowest BCUT2D eigenvalue weighted by atomic mass is 10.1. The number of nitrogens with zero attached hydrogens (tertiary/aromatic N) is 2. The van der Waals surface area contributed by atoms with E-state index in [9.17, 15) is 4.79 Å². The van der Waals surface area contributed by atoms with Gasteiger partial charge < -0.3 is 10.1 Å². The molecule has 0 saturated carbocycles. The molecule has 8 heteroatoms. The molecular formula is C26H22Cl3N3O2. The van der Waals surface area contributed by atoms with Crippen LogP contribution in [0.5, 0.6) is 5.75 Å². The molecule has 4 rings (SSSR count). The number of hydrogen-bond acceptors (Lipinski definition) is 3. The van der Waals surface area contributed by atoms with Crippen molar-refractivity contribution >= 4 is 46.4 Å². The van der Waals surface area contributed by atoms with E-state index in [0.29, 0.717) is 45.2 Å². The summed E-state index contributed by atoms with van der Waals surface area (Å²) >= 11 is 18.1. The number of amides is 1. The smallest absolute Gasteiger partial charge is 0.255 e. The zero-order chi connectivity index (χ0) is 24.2. The number of hydrogen-bond donors (Lipinski definition) is 1. The maximum atomic E-state index is 13.0. The first-order valence-corrected chi connectivity index (χ1v) is 11.7. The normalized spacial score (nSPS) is 10.9. The van der Waals surface area contributed by atoms with Crippen molar-refractivity contribution in [1.82, 2.24) is 9.78 Å². The third kappa shape index (κ3) is 5.73. The Bertz CT molecular complexity index is 1330. The van der Waals surface area contributed by atoms with Gasteiger partial charge in [-0.2, -0.15) is 5.10 Å². The van der Waals surface area contributed by atoms with Crippen molar-refractivity contribution in [3.63, 3.8) is 0 Å². The van der Waals surface area contributed by atoms with E-state index in [2.05, 4.69) is 10.4 Å². The first-order chi connectivity index (χ1) is 16.3. The second-order valence-electron chi connectivity index (χ2n) is 7.85. The minimum atomic E-state index is -0.214. The second-order valence-corrected chi connectivity index (χ2v) is 9.10. The van der Waals surface area contributed by atoms with Crippen LogP contribution in [0, 0.1) is 13.8 Å². The molecule has 1 heterocycles. The quantitative estimate of drug-likeness (QED) is 0.281. The van der Waals surface area contributed by atoms with Gasteiger partial charge in [-0.25, -0.2) is 0 Å². The molecule has 0 radical (unpaired) electrons. The fourth-order valence-corrected chi connectivity index (χ4v) is 3.97. The van der Waals surface area contributed by atoms with Crippen molar-refractivity contribution in [1.29, 1.82) is 0 Å². The number of ether oxygens (including phenoxy) is 1. The lowest BCUT2D eigenvalue weighted by Gasteiger charge is -2.10.